The maximum atomic E-state index is 10.7. The predicted octanol–water partition coefficient (Wildman–Crippen LogP) is 7.22. The number of rotatable bonds is 3. The Kier molecular flexibility index (Phi) is 6.83. The van der Waals surface area contributed by atoms with E-state index >= 15 is 0 Å². The van der Waals surface area contributed by atoms with Gasteiger partial charge in [-0.05, 0) is 75.9 Å². The molecule has 5 rings (SSSR count). The molecule has 0 amide bonds. The average Bonchev–Trinajstić information content (AvgIpc) is 3.20. The predicted molar refractivity (Wildman–Crippen MR) is 132 cm³/mol. The van der Waals surface area contributed by atoms with Crippen LogP contribution in [0.5, 0.6) is 0 Å². The van der Waals surface area contributed by atoms with E-state index in [1.165, 1.54) is 50.1 Å². The van der Waals surface area contributed by atoms with E-state index in [9.17, 15) is 13.2 Å². The molecule has 0 atom stereocenters. The van der Waals surface area contributed by atoms with Gasteiger partial charge in [-0.25, -0.2) is 0 Å². The summed E-state index contributed by atoms with van der Waals surface area (Å²) in [6, 6.07) is 32.9. The molecular formula is C28H23F3O3S. The molecule has 4 aromatic rings. The van der Waals surface area contributed by atoms with Crippen molar-refractivity contribution in [1.29, 1.82) is 0 Å². The van der Waals surface area contributed by atoms with Gasteiger partial charge in [0.05, 0.1) is 0 Å². The zero-order valence-electron chi connectivity index (χ0n) is 18.9. The molecule has 0 aliphatic heterocycles. The largest absolute Gasteiger partial charge is 0.522 e. The summed E-state index contributed by atoms with van der Waals surface area (Å²) in [7, 11) is -5.84. The van der Waals surface area contributed by atoms with Gasteiger partial charge < -0.3 is 0 Å². The SMILES string of the molecule is Cc1c(Cc2ccccc2)c(-c2ccccc2)cc2c1Cc1ccccc1-2.O=S(=O)(O)C(F)(F)F. The van der Waals surface area contributed by atoms with Crippen LogP contribution >= 0.6 is 0 Å². The van der Waals surface area contributed by atoms with Gasteiger partial charge in [0.2, 0.25) is 0 Å². The highest BCUT2D eigenvalue weighted by atomic mass is 32.2. The summed E-state index contributed by atoms with van der Waals surface area (Å²) in [5.41, 5.74) is 7.18. The van der Waals surface area contributed by atoms with E-state index < -0.39 is 15.6 Å². The number of halogens is 3. The van der Waals surface area contributed by atoms with Gasteiger partial charge in [0.25, 0.3) is 0 Å². The van der Waals surface area contributed by atoms with Crippen molar-refractivity contribution in [3.63, 3.8) is 0 Å². The van der Waals surface area contributed by atoms with Gasteiger partial charge in [-0.2, -0.15) is 21.6 Å². The molecule has 7 heteroatoms. The fraction of sp³-hybridized carbons (Fsp3) is 0.143. The topological polar surface area (TPSA) is 54.4 Å². The number of hydrogen-bond donors (Lipinski definition) is 1. The third-order valence-corrected chi connectivity index (χ3v) is 6.71. The molecule has 0 aromatic heterocycles. The minimum Gasteiger partial charge on any atom is -0.279 e. The van der Waals surface area contributed by atoms with Crippen molar-refractivity contribution in [3.05, 3.63) is 119 Å². The Hall–Kier alpha value is -3.42. The first-order chi connectivity index (χ1) is 16.6. The summed E-state index contributed by atoms with van der Waals surface area (Å²) in [5.74, 6) is 0. The van der Waals surface area contributed by atoms with Gasteiger partial charge in [-0.15, -0.1) is 0 Å². The van der Waals surface area contributed by atoms with Crippen molar-refractivity contribution < 1.29 is 26.1 Å². The third kappa shape index (κ3) is 5.31. The standard InChI is InChI=1S/C27H22.CHF3O3S/c1-19-24(16-20-10-4-2-5-11-20)26(21-12-6-3-7-13-21)18-27-23-15-9-8-14-22(23)17-25(19)27;2-1(3,4)8(5,6)7/h2-15,18H,16-17H2,1H3;(H,5,6,7). The number of alkyl halides is 3. The van der Waals surface area contributed by atoms with E-state index in [0.29, 0.717) is 0 Å². The normalized spacial score (nSPS) is 12.4. The zero-order chi connectivity index (χ0) is 25.2. The Bertz CT molecular complexity index is 1450. The molecule has 0 bridgehead atoms. The van der Waals surface area contributed by atoms with Crippen molar-refractivity contribution in [2.24, 2.45) is 0 Å². The second-order valence-corrected chi connectivity index (χ2v) is 9.75. The van der Waals surface area contributed by atoms with Gasteiger partial charge in [0.1, 0.15) is 0 Å². The molecule has 35 heavy (non-hydrogen) atoms. The lowest BCUT2D eigenvalue weighted by Gasteiger charge is -2.18. The molecule has 0 radical (unpaired) electrons. The Morgan fingerprint density at radius 3 is 1.94 bits per heavy atom. The molecule has 1 N–H and O–H groups in total. The highest BCUT2D eigenvalue weighted by Crippen LogP contribution is 2.43. The van der Waals surface area contributed by atoms with Crippen molar-refractivity contribution in [1.82, 2.24) is 0 Å². The Morgan fingerprint density at radius 1 is 0.800 bits per heavy atom. The maximum Gasteiger partial charge on any atom is 0.522 e. The zero-order valence-corrected chi connectivity index (χ0v) is 19.7. The van der Waals surface area contributed by atoms with E-state index in [4.69, 9.17) is 13.0 Å². The Labute approximate surface area is 202 Å². The minimum atomic E-state index is -5.84. The van der Waals surface area contributed by atoms with Gasteiger partial charge in [-0.3, -0.25) is 4.55 Å². The molecule has 4 aromatic carbocycles. The van der Waals surface area contributed by atoms with E-state index in [1.807, 2.05) is 0 Å². The minimum absolute atomic E-state index is 0.973. The molecular weight excluding hydrogens is 473 g/mol. The molecule has 0 saturated carbocycles. The van der Waals surface area contributed by atoms with Crippen LogP contribution in [0.1, 0.15) is 27.8 Å². The summed E-state index contributed by atoms with van der Waals surface area (Å²) in [6.07, 6.45) is 2.02. The second kappa shape index (κ2) is 9.68. The number of benzene rings is 4. The second-order valence-electron chi connectivity index (χ2n) is 8.34. The van der Waals surface area contributed by atoms with Crippen LogP contribution in [0.2, 0.25) is 0 Å². The number of hydrogen-bond acceptors (Lipinski definition) is 2. The molecule has 0 spiro atoms. The monoisotopic (exact) mass is 496 g/mol. The molecule has 0 heterocycles. The van der Waals surface area contributed by atoms with Crippen LogP contribution in [0.3, 0.4) is 0 Å². The van der Waals surface area contributed by atoms with Crippen LogP contribution in [-0.2, 0) is 23.0 Å². The van der Waals surface area contributed by atoms with Gasteiger partial charge >= 0.3 is 15.6 Å². The highest BCUT2D eigenvalue weighted by molar-refractivity contribution is 7.86. The fourth-order valence-electron chi connectivity index (χ4n) is 4.40. The van der Waals surface area contributed by atoms with Crippen molar-refractivity contribution in [2.75, 3.05) is 0 Å². The average molecular weight is 497 g/mol. The van der Waals surface area contributed by atoms with Gasteiger partial charge in [0, 0.05) is 0 Å². The lowest BCUT2D eigenvalue weighted by molar-refractivity contribution is -0.0510. The molecule has 1 aliphatic rings. The van der Waals surface area contributed by atoms with E-state index in [-0.39, 0.29) is 0 Å². The molecule has 180 valence electrons. The molecule has 1 aliphatic carbocycles. The fourth-order valence-corrected chi connectivity index (χ4v) is 4.40. The van der Waals surface area contributed by atoms with Crippen LogP contribution in [0.4, 0.5) is 13.2 Å². The molecule has 0 unspecified atom stereocenters. The van der Waals surface area contributed by atoms with Crippen molar-refractivity contribution in [2.45, 2.75) is 25.3 Å². The Balaban J connectivity index is 0.000000314. The molecule has 0 saturated heterocycles. The maximum absolute atomic E-state index is 10.7. The number of fused-ring (bicyclic) bond motifs is 3. The van der Waals surface area contributed by atoms with Crippen LogP contribution in [0.25, 0.3) is 22.3 Å². The van der Waals surface area contributed by atoms with E-state index in [0.717, 1.165) is 12.8 Å². The van der Waals surface area contributed by atoms with Crippen LogP contribution in [0, 0.1) is 6.92 Å². The first kappa shape index (κ1) is 24.7. The first-order valence-corrected chi connectivity index (χ1v) is 12.4. The summed E-state index contributed by atoms with van der Waals surface area (Å²) >= 11 is 0. The van der Waals surface area contributed by atoms with E-state index in [2.05, 4.69) is 97.9 Å². The Morgan fingerprint density at radius 2 is 1.34 bits per heavy atom. The summed E-state index contributed by atoms with van der Waals surface area (Å²) in [5, 5.41) is 0. The summed E-state index contributed by atoms with van der Waals surface area (Å²) in [4.78, 5) is 0. The summed E-state index contributed by atoms with van der Waals surface area (Å²) < 4.78 is 57.5. The van der Waals surface area contributed by atoms with Crippen LogP contribution in [-0.4, -0.2) is 18.5 Å². The van der Waals surface area contributed by atoms with Crippen LogP contribution in [0.15, 0.2) is 91.0 Å². The van der Waals surface area contributed by atoms with Crippen molar-refractivity contribution >= 4 is 10.1 Å². The summed E-state index contributed by atoms with van der Waals surface area (Å²) in [6.45, 7) is 2.31. The first-order valence-electron chi connectivity index (χ1n) is 10.9. The highest BCUT2D eigenvalue weighted by Gasteiger charge is 2.44. The lowest BCUT2D eigenvalue weighted by Crippen LogP contribution is -2.21. The van der Waals surface area contributed by atoms with E-state index in [1.54, 1.807) is 0 Å². The molecule has 0 fully saturated rings. The van der Waals surface area contributed by atoms with Gasteiger partial charge in [0.15, 0.2) is 0 Å². The molecule has 3 nitrogen and oxygen atoms in total. The van der Waals surface area contributed by atoms with Crippen LogP contribution < -0.4 is 0 Å². The lowest BCUT2D eigenvalue weighted by atomic mass is 9.86. The quantitative estimate of drug-likeness (QED) is 0.212. The third-order valence-electron chi connectivity index (χ3n) is 6.12. The smallest absolute Gasteiger partial charge is 0.279 e. The van der Waals surface area contributed by atoms with Crippen molar-refractivity contribution in [3.8, 4) is 22.3 Å². The van der Waals surface area contributed by atoms with Gasteiger partial charge in [-0.1, -0.05) is 84.9 Å².